The minimum Gasteiger partial charge on any atom is -0.379 e. The number of amides is 1. The molecule has 1 aliphatic rings. The number of pyridine rings is 1. The predicted molar refractivity (Wildman–Crippen MR) is 69.5 cm³/mol. The van der Waals surface area contributed by atoms with E-state index in [1.807, 2.05) is 25.1 Å². The fourth-order valence-electron chi connectivity index (χ4n) is 1.94. The van der Waals surface area contributed by atoms with Gasteiger partial charge in [-0.1, -0.05) is 0 Å². The van der Waals surface area contributed by atoms with Crippen LogP contribution in [-0.4, -0.2) is 44.2 Å². The van der Waals surface area contributed by atoms with Crippen LogP contribution >= 0.6 is 0 Å². The van der Waals surface area contributed by atoms with Crippen LogP contribution in [0.25, 0.3) is 0 Å². The number of carbonyl (C=O) groups excluding carboxylic acids is 1. The zero-order valence-electron chi connectivity index (χ0n) is 10.6. The van der Waals surface area contributed by atoms with Crippen molar-refractivity contribution in [1.82, 2.24) is 4.98 Å². The molecule has 18 heavy (non-hydrogen) atoms. The van der Waals surface area contributed by atoms with Crippen LogP contribution in [0.5, 0.6) is 0 Å². The van der Waals surface area contributed by atoms with E-state index in [9.17, 15) is 4.79 Å². The first-order valence-electron chi connectivity index (χ1n) is 5.85. The van der Waals surface area contributed by atoms with E-state index in [0.717, 1.165) is 5.69 Å². The number of aromatic nitrogens is 1. The smallest absolute Gasteiger partial charge is 0.231 e. The normalized spacial score (nSPS) is 22.8. The van der Waals surface area contributed by atoms with Gasteiger partial charge in [0.15, 0.2) is 0 Å². The molecule has 2 atom stereocenters. The summed E-state index contributed by atoms with van der Waals surface area (Å²) < 4.78 is 5.19. The van der Waals surface area contributed by atoms with Crippen LogP contribution in [0.2, 0.25) is 0 Å². The third-order valence-corrected chi connectivity index (χ3v) is 3.00. The van der Waals surface area contributed by atoms with Gasteiger partial charge in [0.1, 0.15) is 0 Å². The molecule has 2 heterocycles. The van der Waals surface area contributed by atoms with Crippen molar-refractivity contribution in [3.05, 3.63) is 18.5 Å². The molecule has 6 heteroatoms. The fourth-order valence-corrected chi connectivity index (χ4v) is 1.94. The van der Waals surface area contributed by atoms with Gasteiger partial charge in [0.2, 0.25) is 5.91 Å². The zero-order chi connectivity index (χ0) is 13.1. The second kappa shape index (κ2) is 5.32. The summed E-state index contributed by atoms with van der Waals surface area (Å²) in [6, 6.07) is 1.62. The van der Waals surface area contributed by atoms with E-state index in [1.165, 1.54) is 0 Å². The summed E-state index contributed by atoms with van der Waals surface area (Å²) in [5.41, 5.74) is 7.41. The van der Waals surface area contributed by atoms with Crippen molar-refractivity contribution in [3.8, 4) is 0 Å². The quantitative estimate of drug-likeness (QED) is 0.793. The molecule has 1 aliphatic heterocycles. The average molecular weight is 250 g/mol. The summed E-state index contributed by atoms with van der Waals surface area (Å²) in [7, 11) is 3.82. The van der Waals surface area contributed by atoms with Crippen molar-refractivity contribution in [2.24, 2.45) is 11.7 Å². The number of ether oxygens (including phenoxy) is 1. The molecule has 0 aromatic carbocycles. The molecular weight excluding hydrogens is 232 g/mol. The number of nitrogens with two attached hydrogens (primary N) is 1. The molecule has 3 N–H and O–H groups in total. The molecule has 0 spiro atoms. The van der Waals surface area contributed by atoms with Gasteiger partial charge in [0.05, 0.1) is 36.7 Å². The third kappa shape index (κ3) is 2.60. The van der Waals surface area contributed by atoms with Gasteiger partial charge >= 0.3 is 0 Å². The number of anilines is 2. The standard InChI is InChI=1S/C12H18N4O2/c1-16(2)11-3-4-14-5-10(11)15-12(17)8-6-18-7-9(8)13/h3-5,8-9H,6-7,13H2,1-2H3,(H,15,17). The number of hydrogen-bond donors (Lipinski definition) is 2. The number of hydrogen-bond acceptors (Lipinski definition) is 5. The van der Waals surface area contributed by atoms with Gasteiger partial charge < -0.3 is 20.7 Å². The van der Waals surface area contributed by atoms with E-state index in [4.69, 9.17) is 10.5 Å². The van der Waals surface area contributed by atoms with E-state index in [-0.39, 0.29) is 17.9 Å². The molecule has 1 amide bonds. The maximum absolute atomic E-state index is 12.1. The maximum atomic E-state index is 12.1. The molecule has 6 nitrogen and oxygen atoms in total. The summed E-state index contributed by atoms with van der Waals surface area (Å²) >= 11 is 0. The van der Waals surface area contributed by atoms with Crippen LogP contribution in [0.1, 0.15) is 0 Å². The Bertz CT molecular complexity index is 436. The molecule has 2 rings (SSSR count). The Labute approximate surface area is 106 Å². The SMILES string of the molecule is CN(C)c1ccncc1NC(=O)C1COCC1N. The minimum absolute atomic E-state index is 0.115. The number of nitrogens with one attached hydrogen (secondary N) is 1. The fraction of sp³-hybridized carbons (Fsp3) is 0.500. The van der Waals surface area contributed by atoms with Crippen molar-refractivity contribution < 1.29 is 9.53 Å². The number of rotatable bonds is 3. The first kappa shape index (κ1) is 12.8. The second-order valence-electron chi connectivity index (χ2n) is 4.58. The minimum atomic E-state index is -0.291. The monoisotopic (exact) mass is 250 g/mol. The first-order valence-corrected chi connectivity index (χ1v) is 5.85. The molecule has 0 radical (unpaired) electrons. The zero-order valence-corrected chi connectivity index (χ0v) is 10.6. The summed E-state index contributed by atoms with van der Waals surface area (Å²) in [6.45, 7) is 0.816. The number of nitrogens with zero attached hydrogens (tertiary/aromatic N) is 2. The van der Waals surface area contributed by atoms with Gasteiger partial charge in [-0.15, -0.1) is 0 Å². The van der Waals surface area contributed by atoms with E-state index in [1.54, 1.807) is 12.4 Å². The molecule has 1 aromatic heterocycles. The van der Waals surface area contributed by atoms with E-state index in [2.05, 4.69) is 10.3 Å². The highest BCUT2D eigenvalue weighted by Crippen LogP contribution is 2.23. The predicted octanol–water partition coefficient (Wildman–Crippen LogP) is 0.0598. The average Bonchev–Trinajstić information content (AvgIpc) is 2.76. The van der Waals surface area contributed by atoms with E-state index >= 15 is 0 Å². The Morgan fingerprint density at radius 3 is 2.94 bits per heavy atom. The van der Waals surface area contributed by atoms with Crippen molar-refractivity contribution in [1.29, 1.82) is 0 Å². The largest absolute Gasteiger partial charge is 0.379 e. The molecular formula is C12H18N4O2. The Balaban J connectivity index is 2.11. The van der Waals surface area contributed by atoms with Gasteiger partial charge in [0.25, 0.3) is 0 Å². The van der Waals surface area contributed by atoms with Crippen LogP contribution < -0.4 is 16.0 Å². The van der Waals surface area contributed by atoms with Crippen molar-refractivity contribution in [2.75, 3.05) is 37.5 Å². The summed E-state index contributed by atoms with van der Waals surface area (Å²) in [5.74, 6) is -0.406. The van der Waals surface area contributed by atoms with E-state index in [0.29, 0.717) is 18.9 Å². The Kier molecular flexibility index (Phi) is 3.78. The lowest BCUT2D eigenvalue weighted by molar-refractivity contribution is -0.120. The Morgan fingerprint density at radius 1 is 1.56 bits per heavy atom. The lowest BCUT2D eigenvalue weighted by Crippen LogP contribution is -2.37. The third-order valence-electron chi connectivity index (χ3n) is 3.00. The van der Waals surface area contributed by atoms with Gasteiger partial charge in [0, 0.05) is 26.3 Å². The van der Waals surface area contributed by atoms with Crippen molar-refractivity contribution >= 4 is 17.3 Å². The van der Waals surface area contributed by atoms with Crippen LogP contribution in [0, 0.1) is 5.92 Å². The molecule has 0 bridgehead atoms. The summed E-state index contributed by atoms with van der Waals surface area (Å²) in [6.07, 6.45) is 3.32. The maximum Gasteiger partial charge on any atom is 0.231 e. The van der Waals surface area contributed by atoms with Gasteiger partial charge in [-0.05, 0) is 6.07 Å². The van der Waals surface area contributed by atoms with Crippen LogP contribution in [0.4, 0.5) is 11.4 Å². The molecule has 1 fully saturated rings. The van der Waals surface area contributed by atoms with Crippen molar-refractivity contribution in [3.63, 3.8) is 0 Å². The Hall–Kier alpha value is -1.66. The lowest BCUT2D eigenvalue weighted by atomic mass is 10.0. The van der Waals surface area contributed by atoms with Crippen molar-refractivity contribution in [2.45, 2.75) is 6.04 Å². The highest BCUT2D eigenvalue weighted by molar-refractivity contribution is 5.96. The molecule has 2 unspecified atom stereocenters. The molecule has 1 saturated heterocycles. The molecule has 98 valence electrons. The van der Waals surface area contributed by atoms with Crippen LogP contribution in [0.3, 0.4) is 0 Å². The van der Waals surface area contributed by atoms with E-state index < -0.39 is 0 Å². The lowest BCUT2D eigenvalue weighted by Gasteiger charge is -2.19. The highest BCUT2D eigenvalue weighted by atomic mass is 16.5. The number of carbonyl (C=O) groups is 1. The highest BCUT2D eigenvalue weighted by Gasteiger charge is 2.31. The Morgan fingerprint density at radius 2 is 2.33 bits per heavy atom. The molecule has 0 saturated carbocycles. The topological polar surface area (TPSA) is 80.5 Å². The molecule has 0 aliphatic carbocycles. The van der Waals surface area contributed by atoms with Crippen LogP contribution in [-0.2, 0) is 9.53 Å². The van der Waals surface area contributed by atoms with Gasteiger partial charge in [-0.2, -0.15) is 0 Å². The summed E-state index contributed by atoms with van der Waals surface area (Å²) in [4.78, 5) is 18.0. The van der Waals surface area contributed by atoms with Gasteiger partial charge in [-0.25, -0.2) is 0 Å². The van der Waals surface area contributed by atoms with Crippen LogP contribution in [0.15, 0.2) is 18.5 Å². The first-order chi connectivity index (χ1) is 8.59. The summed E-state index contributed by atoms with van der Waals surface area (Å²) in [5, 5.41) is 2.86. The second-order valence-corrected chi connectivity index (χ2v) is 4.58. The molecule has 1 aromatic rings. The van der Waals surface area contributed by atoms with Gasteiger partial charge in [-0.3, -0.25) is 9.78 Å².